The smallest absolute Gasteiger partial charge is 0.246 e. The number of likely N-dealkylation sites (tertiary alicyclic amines) is 1. The maximum atomic E-state index is 14.1. The topological polar surface area (TPSA) is 87.7 Å². The third-order valence-electron chi connectivity index (χ3n) is 8.64. The van der Waals surface area contributed by atoms with Crippen LogP contribution in [0.5, 0.6) is 0 Å². The number of hydrogen-bond donors (Lipinski definition) is 2. The van der Waals surface area contributed by atoms with Crippen molar-refractivity contribution in [1.82, 2.24) is 10.2 Å². The van der Waals surface area contributed by atoms with E-state index in [0.29, 0.717) is 27.2 Å². The molecular weight excluding hydrogens is 573 g/mol. The summed E-state index contributed by atoms with van der Waals surface area (Å²) in [5.41, 5.74) is 0.126. The molecule has 1 spiro atoms. The van der Waals surface area contributed by atoms with E-state index in [1.807, 2.05) is 24.3 Å². The summed E-state index contributed by atoms with van der Waals surface area (Å²) < 4.78 is 6.43. The van der Waals surface area contributed by atoms with Crippen LogP contribution >= 0.6 is 34.8 Å². The fourth-order valence-corrected chi connectivity index (χ4v) is 7.30. The average Bonchev–Trinajstić information content (AvgIpc) is 3.58. The van der Waals surface area contributed by atoms with Crippen LogP contribution < -0.4 is 10.6 Å². The van der Waals surface area contributed by atoms with Crippen molar-refractivity contribution in [1.29, 1.82) is 0 Å². The molecule has 1 aliphatic carbocycles. The number of ether oxygens (including phenoxy) is 1. The first kappa shape index (κ1) is 27.6. The molecule has 5 atom stereocenters. The molecule has 3 fully saturated rings. The largest absolute Gasteiger partial charge is 0.359 e. The molecule has 2 aromatic carbocycles. The quantitative estimate of drug-likeness (QED) is 0.414. The van der Waals surface area contributed by atoms with E-state index in [1.54, 1.807) is 35.2 Å². The number of fused-ring (bicyclic) bond motifs is 1. The van der Waals surface area contributed by atoms with Crippen LogP contribution in [0.25, 0.3) is 0 Å². The third kappa shape index (κ3) is 4.81. The molecule has 2 aromatic rings. The van der Waals surface area contributed by atoms with Crippen LogP contribution in [0.2, 0.25) is 15.1 Å². The summed E-state index contributed by atoms with van der Waals surface area (Å²) in [5, 5.41) is 7.36. The van der Waals surface area contributed by atoms with Crippen molar-refractivity contribution in [3.8, 4) is 0 Å². The molecule has 3 amide bonds. The molecule has 0 aromatic heterocycles. The molecule has 210 valence electrons. The van der Waals surface area contributed by atoms with Crippen LogP contribution in [0, 0.1) is 11.8 Å². The van der Waals surface area contributed by atoms with E-state index in [9.17, 15) is 14.4 Å². The fraction of sp³-hybridized carbons (Fsp3) is 0.433. The highest BCUT2D eigenvalue weighted by Crippen LogP contribution is 2.55. The molecule has 2 bridgehead atoms. The van der Waals surface area contributed by atoms with Gasteiger partial charge in [0.15, 0.2) is 0 Å². The van der Waals surface area contributed by atoms with E-state index in [0.717, 1.165) is 37.7 Å². The van der Waals surface area contributed by atoms with Gasteiger partial charge in [0, 0.05) is 23.3 Å². The van der Waals surface area contributed by atoms with Crippen molar-refractivity contribution in [2.24, 2.45) is 11.8 Å². The number of amides is 3. The monoisotopic (exact) mass is 601 g/mol. The van der Waals surface area contributed by atoms with Crippen molar-refractivity contribution in [3.63, 3.8) is 0 Å². The number of halogens is 3. The second-order valence-electron chi connectivity index (χ2n) is 11.0. The van der Waals surface area contributed by atoms with Crippen LogP contribution in [0.1, 0.15) is 37.7 Å². The third-order valence-corrected chi connectivity index (χ3v) is 9.75. The van der Waals surface area contributed by atoms with Gasteiger partial charge in [-0.05, 0) is 49.1 Å². The zero-order chi connectivity index (χ0) is 28.0. The lowest BCUT2D eigenvalue weighted by Crippen LogP contribution is -2.56. The lowest BCUT2D eigenvalue weighted by Gasteiger charge is -2.34. The predicted octanol–water partition coefficient (Wildman–Crippen LogP) is 5.43. The molecule has 3 aliphatic heterocycles. The van der Waals surface area contributed by atoms with Gasteiger partial charge in [-0.15, -0.1) is 0 Å². The Morgan fingerprint density at radius 1 is 0.975 bits per heavy atom. The number of carbonyl (C=O) groups excluding carboxylic acids is 3. The standard InChI is InChI=1S/C30H30Cl3N3O4/c31-20-9-5-4-6-17(20)13-15-36-26(28(38)34-18-7-2-1-3-8-18)30-14-12-23(40-30)24(25(30)29(36)39)27(37)35-19-10-11-21(32)22(33)16-19/h4-6,9-12,14,16,18,23-26H,1-3,7-8,13,15H2,(H,34,38)(H,35,37)/t23-,24?,25-,26?,30?/m0/s1. The lowest BCUT2D eigenvalue weighted by atomic mass is 9.74. The molecular formula is C30H30Cl3N3O4. The second-order valence-corrected chi connectivity index (χ2v) is 12.3. The highest BCUT2D eigenvalue weighted by atomic mass is 35.5. The van der Waals surface area contributed by atoms with Gasteiger partial charge in [-0.3, -0.25) is 14.4 Å². The van der Waals surface area contributed by atoms with E-state index >= 15 is 0 Å². The van der Waals surface area contributed by atoms with Crippen molar-refractivity contribution in [3.05, 3.63) is 75.2 Å². The van der Waals surface area contributed by atoms with Crippen molar-refractivity contribution in [2.45, 2.75) is 62.3 Å². The molecule has 7 nitrogen and oxygen atoms in total. The highest BCUT2D eigenvalue weighted by Gasteiger charge is 2.72. The van der Waals surface area contributed by atoms with Crippen molar-refractivity contribution in [2.75, 3.05) is 11.9 Å². The molecule has 10 heteroatoms. The number of rotatable bonds is 7. The average molecular weight is 603 g/mol. The first-order valence-corrected chi connectivity index (χ1v) is 14.9. The van der Waals surface area contributed by atoms with Crippen LogP contribution in [0.15, 0.2) is 54.6 Å². The van der Waals surface area contributed by atoms with Crippen molar-refractivity contribution < 1.29 is 19.1 Å². The van der Waals surface area contributed by atoms with Crippen LogP contribution in [-0.4, -0.2) is 53.0 Å². The maximum absolute atomic E-state index is 14.1. The van der Waals surface area contributed by atoms with Gasteiger partial charge in [-0.1, -0.05) is 84.4 Å². The lowest BCUT2D eigenvalue weighted by molar-refractivity contribution is -0.141. The summed E-state index contributed by atoms with van der Waals surface area (Å²) in [5.74, 6) is -2.51. The zero-order valence-electron chi connectivity index (χ0n) is 21.7. The van der Waals surface area contributed by atoms with E-state index in [2.05, 4.69) is 10.6 Å². The van der Waals surface area contributed by atoms with E-state index < -0.39 is 29.6 Å². The fourth-order valence-electron chi connectivity index (χ4n) is 6.78. The molecule has 2 saturated heterocycles. The van der Waals surface area contributed by atoms with Crippen LogP contribution in [-0.2, 0) is 25.5 Å². The van der Waals surface area contributed by atoms with E-state index in [1.165, 1.54) is 0 Å². The molecule has 40 heavy (non-hydrogen) atoms. The normalized spacial score (nSPS) is 29.1. The number of nitrogens with zero attached hydrogens (tertiary/aromatic N) is 1. The van der Waals surface area contributed by atoms with Gasteiger partial charge >= 0.3 is 0 Å². The number of carbonyl (C=O) groups is 3. The number of anilines is 1. The Hall–Kier alpha value is -2.58. The first-order chi connectivity index (χ1) is 19.3. The Kier molecular flexibility index (Phi) is 7.59. The zero-order valence-corrected chi connectivity index (χ0v) is 24.0. The van der Waals surface area contributed by atoms with Gasteiger partial charge in [0.25, 0.3) is 0 Å². The van der Waals surface area contributed by atoms with Crippen molar-refractivity contribution >= 4 is 58.2 Å². The molecule has 2 N–H and O–H groups in total. The molecule has 6 rings (SSSR count). The Bertz CT molecular complexity index is 1380. The summed E-state index contributed by atoms with van der Waals surface area (Å²) in [6.07, 6.45) is 8.59. The molecule has 3 unspecified atom stereocenters. The number of nitrogens with one attached hydrogen (secondary N) is 2. The summed E-state index contributed by atoms with van der Waals surface area (Å²) in [4.78, 5) is 43.3. The molecule has 4 aliphatic rings. The molecule has 0 radical (unpaired) electrons. The highest BCUT2D eigenvalue weighted by molar-refractivity contribution is 6.42. The van der Waals surface area contributed by atoms with E-state index in [4.69, 9.17) is 39.5 Å². The number of hydrogen-bond acceptors (Lipinski definition) is 4. The Morgan fingerprint density at radius 2 is 1.75 bits per heavy atom. The molecule has 3 heterocycles. The van der Waals surface area contributed by atoms with Gasteiger partial charge in [-0.25, -0.2) is 0 Å². The van der Waals surface area contributed by atoms with Gasteiger partial charge in [0.2, 0.25) is 17.7 Å². The maximum Gasteiger partial charge on any atom is 0.246 e. The Labute approximate surface area is 248 Å². The summed E-state index contributed by atoms with van der Waals surface area (Å²) in [7, 11) is 0. The van der Waals surface area contributed by atoms with Crippen LogP contribution in [0.3, 0.4) is 0 Å². The minimum absolute atomic E-state index is 0.0635. The number of benzene rings is 2. The summed E-state index contributed by atoms with van der Waals surface area (Å²) in [6.45, 7) is 0.270. The minimum Gasteiger partial charge on any atom is -0.359 e. The van der Waals surface area contributed by atoms with Crippen LogP contribution in [0.4, 0.5) is 5.69 Å². The second kappa shape index (κ2) is 11.0. The first-order valence-electron chi connectivity index (χ1n) is 13.8. The summed E-state index contributed by atoms with van der Waals surface area (Å²) in [6, 6.07) is 11.4. The Morgan fingerprint density at radius 3 is 2.50 bits per heavy atom. The Balaban J connectivity index is 1.30. The van der Waals surface area contributed by atoms with Gasteiger partial charge in [-0.2, -0.15) is 0 Å². The van der Waals surface area contributed by atoms with Gasteiger partial charge in [0.1, 0.15) is 11.6 Å². The summed E-state index contributed by atoms with van der Waals surface area (Å²) >= 11 is 18.6. The van der Waals surface area contributed by atoms with Gasteiger partial charge < -0.3 is 20.3 Å². The van der Waals surface area contributed by atoms with E-state index in [-0.39, 0.29) is 30.3 Å². The predicted molar refractivity (Wildman–Crippen MR) is 154 cm³/mol. The van der Waals surface area contributed by atoms with Gasteiger partial charge in [0.05, 0.1) is 28.0 Å². The molecule has 1 saturated carbocycles. The minimum atomic E-state index is -1.22. The SMILES string of the molecule is O=C(Nc1ccc(Cl)c(Cl)c1)C1[C@@H]2C=CC3(O2)C(C(=O)NC2CCCCC2)N(CCc2ccccc2Cl)C(=O)[C@H]13.